The van der Waals surface area contributed by atoms with Gasteiger partial charge in [-0.05, 0) is 24.3 Å². The fraction of sp³-hybridized carbons (Fsp3) is 0.176. The Balaban J connectivity index is 0.000000387. The van der Waals surface area contributed by atoms with E-state index < -0.39 is 195 Å². The van der Waals surface area contributed by atoms with Gasteiger partial charge in [0, 0.05) is 28.8 Å². The van der Waals surface area contributed by atoms with Crippen molar-refractivity contribution in [2.45, 2.75) is 56.0 Å². The molecule has 0 N–H and O–H groups in total. The Hall–Kier alpha value is -7.48. The van der Waals surface area contributed by atoms with E-state index in [2.05, 4.69) is 4.57 Å². The lowest BCUT2D eigenvalue weighted by Crippen LogP contribution is -2.75. The number of carbonyl (C=O) groups excluding carboxylic acids is 1. The molecular formula is C51H28BF24NO. The number of alkyl halides is 24. The molecule has 0 atom stereocenters. The highest BCUT2D eigenvalue weighted by Crippen LogP contribution is 2.41. The Kier molecular flexibility index (Phi) is 16.1. The zero-order valence-electron chi connectivity index (χ0n) is 38.2. The molecule has 414 valence electrons. The van der Waals surface area contributed by atoms with Gasteiger partial charge in [-0.2, -0.15) is 127 Å². The van der Waals surface area contributed by atoms with E-state index in [1.165, 1.54) is 5.56 Å². The lowest BCUT2D eigenvalue weighted by atomic mass is 9.12. The Labute approximate surface area is 423 Å². The maximum absolute atomic E-state index is 14.2. The predicted molar refractivity (Wildman–Crippen MR) is 232 cm³/mol. The van der Waals surface area contributed by atoms with E-state index in [0.717, 1.165) is 17.7 Å². The molecule has 0 radical (unpaired) electrons. The molecular weight excluding hydrogens is 1110 g/mol. The van der Waals surface area contributed by atoms with Crippen molar-refractivity contribution in [3.8, 4) is 0 Å². The quantitative estimate of drug-likeness (QED) is 0.0643. The molecule has 1 aromatic heterocycles. The molecule has 7 aromatic rings. The molecule has 0 amide bonds. The molecule has 0 saturated heterocycles. The van der Waals surface area contributed by atoms with Crippen LogP contribution in [0, 0.1) is 0 Å². The van der Waals surface area contributed by atoms with Gasteiger partial charge in [0.05, 0.1) is 44.5 Å². The average molecular weight is 1140 g/mol. The maximum Gasteiger partial charge on any atom is 0.416 e. The van der Waals surface area contributed by atoms with Crippen molar-refractivity contribution < 1.29 is 115 Å². The second kappa shape index (κ2) is 21.1. The normalized spacial score (nSPS) is 13.2. The van der Waals surface area contributed by atoms with Crippen LogP contribution in [0.1, 0.15) is 66.0 Å². The van der Waals surface area contributed by atoms with Gasteiger partial charge in [0.2, 0.25) is 0 Å². The molecule has 0 aliphatic heterocycles. The van der Waals surface area contributed by atoms with Crippen molar-refractivity contribution in [1.29, 1.82) is 0 Å². The second-order valence-electron chi connectivity index (χ2n) is 17.2. The zero-order chi connectivity index (χ0) is 58.4. The first-order chi connectivity index (χ1) is 35.6. The summed E-state index contributed by atoms with van der Waals surface area (Å²) in [5.41, 5.74) is -27.6. The fourth-order valence-electron chi connectivity index (χ4n) is 8.34. The molecule has 0 spiro atoms. The summed E-state index contributed by atoms with van der Waals surface area (Å²) in [6.45, 7) is 0.806. The van der Waals surface area contributed by atoms with Gasteiger partial charge >= 0.3 is 49.4 Å². The summed E-state index contributed by atoms with van der Waals surface area (Å²) < 4.78 is 343. The lowest BCUT2D eigenvalue weighted by molar-refractivity contribution is -0.688. The number of benzene rings is 6. The number of nitrogens with zero attached hydrogens (tertiary/aromatic N) is 1. The Morgan fingerprint density at radius 2 is 0.538 bits per heavy atom. The number of hydrogen-bond donors (Lipinski definition) is 0. The third-order valence-corrected chi connectivity index (χ3v) is 11.8. The van der Waals surface area contributed by atoms with E-state index in [9.17, 15) is 110 Å². The molecule has 0 unspecified atom stereocenters. The first kappa shape index (κ1) is 59.8. The minimum Gasteiger partial charge on any atom is -0.289 e. The smallest absolute Gasteiger partial charge is 0.289 e. The van der Waals surface area contributed by atoms with Crippen LogP contribution in [0.25, 0.3) is 0 Å². The van der Waals surface area contributed by atoms with Crippen LogP contribution < -0.4 is 26.4 Å². The summed E-state index contributed by atoms with van der Waals surface area (Å²) in [5, 5.41) is 0. The van der Waals surface area contributed by atoms with Crippen molar-refractivity contribution in [2.24, 2.45) is 0 Å². The highest BCUT2D eigenvalue weighted by Gasteiger charge is 2.47. The highest BCUT2D eigenvalue weighted by molar-refractivity contribution is 7.20. The molecule has 78 heavy (non-hydrogen) atoms. The fourth-order valence-corrected chi connectivity index (χ4v) is 8.34. The van der Waals surface area contributed by atoms with Gasteiger partial charge in [-0.15, -0.1) is 0 Å². The number of rotatable bonds is 8. The number of ketones is 1. The molecule has 0 aliphatic rings. The van der Waals surface area contributed by atoms with Crippen LogP contribution in [0.15, 0.2) is 158 Å². The van der Waals surface area contributed by atoms with Crippen LogP contribution in [0.4, 0.5) is 105 Å². The molecule has 27 heteroatoms. The van der Waals surface area contributed by atoms with Gasteiger partial charge < -0.3 is 0 Å². The van der Waals surface area contributed by atoms with Crippen molar-refractivity contribution in [1.82, 2.24) is 0 Å². The largest absolute Gasteiger partial charge is 0.416 e. The summed E-state index contributed by atoms with van der Waals surface area (Å²) in [7, 11) is 0. The first-order valence-corrected chi connectivity index (χ1v) is 21.6. The van der Waals surface area contributed by atoms with Gasteiger partial charge in [0.15, 0.2) is 24.7 Å². The molecule has 0 bridgehead atoms. The molecule has 0 saturated carbocycles. The average Bonchev–Trinajstić information content (AvgIpc) is 3.51. The molecule has 0 fully saturated rings. The number of aromatic nitrogens is 1. The third-order valence-electron chi connectivity index (χ3n) is 11.8. The Bertz CT molecular complexity index is 2820. The third kappa shape index (κ3) is 13.8. The number of hydrogen-bond acceptors (Lipinski definition) is 1. The Morgan fingerprint density at radius 3 is 0.782 bits per heavy atom. The van der Waals surface area contributed by atoms with Crippen molar-refractivity contribution >= 4 is 33.8 Å². The standard InChI is InChI=1S/C32H12BF24.C19H16NO/c34-25(35,36)13-1-14(26(37,38)39)6-21(5-13)33(22-7-15(27(40,41)42)2-16(8-22)28(43,44)45,23-9-17(29(46,47)48)3-18(10-23)30(49,50)51)24-11-19(31(52,53)54)4-20(12-24)32(55,56)57;21-19(17-7-3-1-4-8-17)18-11-9-16(10-12-18)15-20-13-5-2-6-14-20/h1-12H;1-14H,15H2/q-1;+1. The highest BCUT2D eigenvalue weighted by atomic mass is 19.4. The molecule has 2 nitrogen and oxygen atoms in total. The zero-order valence-corrected chi connectivity index (χ0v) is 38.2. The molecule has 1 heterocycles. The van der Waals surface area contributed by atoms with Gasteiger partial charge in [0.1, 0.15) is 6.15 Å². The van der Waals surface area contributed by atoms with Gasteiger partial charge in [-0.25, -0.2) is 4.57 Å². The lowest BCUT2D eigenvalue weighted by Gasteiger charge is -2.46. The van der Waals surface area contributed by atoms with Crippen LogP contribution in [0.3, 0.4) is 0 Å². The number of carbonyl (C=O) groups is 1. The van der Waals surface area contributed by atoms with E-state index in [-0.39, 0.29) is 5.78 Å². The van der Waals surface area contributed by atoms with Crippen LogP contribution in [-0.4, -0.2) is 11.9 Å². The minimum absolute atomic E-state index is 0.0644. The Morgan fingerprint density at radius 1 is 0.308 bits per heavy atom. The van der Waals surface area contributed by atoms with E-state index in [1.54, 1.807) is 0 Å². The van der Waals surface area contributed by atoms with Crippen LogP contribution >= 0.6 is 0 Å². The molecule has 6 aromatic carbocycles. The minimum atomic E-state index is -6.13. The van der Waals surface area contributed by atoms with E-state index in [1.807, 2.05) is 85.2 Å². The monoisotopic (exact) mass is 1140 g/mol. The first-order valence-electron chi connectivity index (χ1n) is 21.6. The second-order valence-corrected chi connectivity index (χ2v) is 17.2. The van der Waals surface area contributed by atoms with E-state index >= 15 is 0 Å². The topological polar surface area (TPSA) is 20.9 Å². The summed E-state index contributed by atoms with van der Waals surface area (Å²) >= 11 is 0. The summed E-state index contributed by atoms with van der Waals surface area (Å²) in [6, 6.07) is 14.4. The summed E-state index contributed by atoms with van der Waals surface area (Å²) in [5.74, 6) is 0.0644. The van der Waals surface area contributed by atoms with Gasteiger partial charge in [-0.1, -0.05) is 109 Å². The van der Waals surface area contributed by atoms with E-state index in [0.29, 0.717) is 0 Å². The predicted octanol–water partition coefficient (Wildman–Crippen LogP) is 14.5. The summed E-state index contributed by atoms with van der Waals surface area (Å²) in [6.07, 6.45) is -50.7. The SMILES string of the molecule is FC(F)(F)c1cc([B-](c2cc(C(F)(F)F)cc(C(F)(F)F)c2)(c2cc(C(F)(F)F)cc(C(F)(F)F)c2)c2cc(C(F)(F)F)cc(C(F)(F)F)c2)cc(C(F)(F)F)c1.O=C(c1ccccc1)c1ccc(C[n+]2ccccc2)cc1. The van der Waals surface area contributed by atoms with Gasteiger partial charge in [0.25, 0.3) is 0 Å². The van der Waals surface area contributed by atoms with E-state index in [4.69, 9.17) is 0 Å². The van der Waals surface area contributed by atoms with Crippen LogP contribution in [0.5, 0.6) is 0 Å². The molecule has 0 aliphatic carbocycles. The van der Waals surface area contributed by atoms with Crippen molar-refractivity contribution in [3.05, 3.63) is 219 Å². The van der Waals surface area contributed by atoms with Crippen molar-refractivity contribution in [3.63, 3.8) is 0 Å². The van der Waals surface area contributed by atoms with Crippen LogP contribution in [-0.2, 0) is 56.0 Å². The maximum atomic E-state index is 14.2. The number of pyridine rings is 1. The van der Waals surface area contributed by atoms with Crippen LogP contribution in [0.2, 0.25) is 0 Å². The summed E-state index contributed by atoms with van der Waals surface area (Å²) in [4.78, 5) is 12.3. The molecule has 7 rings (SSSR count). The number of halogens is 24. The van der Waals surface area contributed by atoms with Gasteiger partial charge in [-0.3, -0.25) is 4.79 Å². The van der Waals surface area contributed by atoms with Crippen molar-refractivity contribution in [2.75, 3.05) is 0 Å².